The number of H-pyrrole nitrogens is 1. The van der Waals surface area contributed by atoms with E-state index in [-0.39, 0.29) is 18.1 Å². The van der Waals surface area contributed by atoms with Crippen LogP contribution in [0.25, 0.3) is 0 Å². The van der Waals surface area contributed by atoms with Gasteiger partial charge in [0.1, 0.15) is 0 Å². The Morgan fingerprint density at radius 3 is 2.29 bits per heavy atom. The highest BCUT2D eigenvalue weighted by atomic mass is 32.2. The van der Waals surface area contributed by atoms with Gasteiger partial charge in [-0.25, -0.2) is 26.1 Å². The number of imidazole rings is 1. The van der Waals surface area contributed by atoms with Crippen molar-refractivity contribution < 1.29 is 16.8 Å². The van der Waals surface area contributed by atoms with Crippen LogP contribution < -0.4 is 0 Å². The van der Waals surface area contributed by atoms with Crippen LogP contribution in [-0.2, 0) is 20.0 Å². The van der Waals surface area contributed by atoms with Crippen molar-refractivity contribution in [3.8, 4) is 0 Å². The fourth-order valence-electron chi connectivity index (χ4n) is 2.19. The maximum Gasteiger partial charge on any atom is 0.260 e. The summed E-state index contributed by atoms with van der Waals surface area (Å²) in [6.45, 7) is 4.21. The van der Waals surface area contributed by atoms with E-state index in [1.165, 1.54) is 21.1 Å². The van der Waals surface area contributed by atoms with Crippen molar-refractivity contribution in [2.75, 3.05) is 26.2 Å². The van der Waals surface area contributed by atoms with E-state index in [0.29, 0.717) is 19.5 Å². The average Bonchev–Trinajstić information content (AvgIpc) is 2.82. The molecule has 0 aliphatic carbocycles. The second kappa shape index (κ2) is 6.03. The molecular formula is C11H20N4O4S2. The predicted octanol–water partition coefficient (Wildman–Crippen LogP) is -0.156. The largest absolute Gasteiger partial charge is 0.335 e. The van der Waals surface area contributed by atoms with Crippen LogP contribution in [0.15, 0.2) is 17.6 Å². The Balaban J connectivity index is 2.15. The van der Waals surface area contributed by atoms with Crippen molar-refractivity contribution in [2.45, 2.75) is 30.5 Å². The molecule has 10 heteroatoms. The fourth-order valence-corrected chi connectivity index (χ4v) is 4.87. The van der Waals surface area contributed by atoms with Crippen molar-refractivity contribution in [3.05, 3.63) is 12.5 Å². The molecule has 1 aromatic heterocycles. The van der Waals surface area contributed by atoms with Crippen LogP contribution in [-0.4, -0.2) is 66.8 Å². The standard InChI is InChI=1S/C11H20N4O4S2/c1-10(2)20(16,17)14-4-3-5-15(7-6-14)21(18,19)11-8-12-9-13-11/h8-10H,3-7H2,1-2H3,(H,12,13). The van der Waals surface area contributed by atoms with E-state index in [9.17, 15) is 16.8 Å². The van der Waals surface area contributed by atoms with Gasteiger partial charge in [0.25, 0.3) is 10.0 Å². The lowest BCUT2D eigenvalue weighted by Crippen LogP contribution is -2.40. The molecule has 2 rings (SSSR count). The number of nitrogens with zero attached hydrogens (tertiary/aromatic N) is 3. The highest BCUT2D eigenvalue weighted by Crippen LogP contribution is 2.18. The van der Waals surface area contributed by atoms with Gasteiger partial charge in [-0.1, -0.05) is 0 Å². The molecule has 1 aromatic rings. The second-order valence-electron chi connectivity index (χ2n) is 5.17. The van der Waals surface area contributed by atoms with Crippen LogP contribution in [0, 0.1) is 0 Å². The summed E-state index contributed by atoms with van der Waals surface area (Å²) >= 11 is 0. The first-order valence-corrected chi connectivity index (χ1v) is 9.68. The molecule has 2 heterocycles. The lowest BCUT2D eigenvalue weighted by Gasteiger charge is -2.22. The number of sulfonamides is 2. The van der Waals surface area contributed by atoms with E-state index in [2.05, 4.69) is 9.97 Å². The molecule has 21 heavy (non-hydrogen) atoms. The van der Waals surface area contributed by atoms with Gasteiger partial charge in [-0.15, -0.1) is 0 Å². The third-order valence-electron chi connectivity index (χ3n) is 3.46. The van der Waals surface area contributed by atoms with E-state index in [0.717, 1.165) is 0 Å². The minimum atomic E-state index is -3.64. The van der Waals surface area contributed by atoms with E-state index in [1.54, 1.807) is 13.8 Å². The smallest absolute Gasteiger partial charge is 0.260 e. The molecule has 0 saturated carbocycles. The van der Waals surface area contributed by atoms with Gasteiger partial charge in [0.15, 0.2) is 5.03 Å². The number of rotatable bonds is 4. The number of hydrogen-bond acceptors (Lipinski definition) is 5. The summed E-state index contributed by atoms with van der Waals surface area (Å²) in [5.74, 6) is 0. The van der Waals surface area contributed by atoms with Crippen LogP contribution in [0.4, 0.5) is 0 Å². The Bertz CT molecular complexity index is 667. The minimum Gasteiger partial charge on any atom is -0.335 e. The molecule has 0 atom stereocenters. The van der Waals surface area contributed by atoms with Gasteiger partial charge in [0, 0.05) is 26.2 Å². The van der Waals surface area contributed by atoms with Crippen LogP contribution in [0.1, 0.15) is 20.3 Å². The summed E-state index contributed by atoms with van der Waals surface area (Å²) in [4.78, 5) is 6.30. The summed E-state index contributed by atoms with van der Waals surface area (Å²) in [6, 6.07) is 0. The molecule has 0 aromatic carbocycles. The van der Waals surface area contributed by atoms with Crippen molar-refractivity contribution in [2.24, 2.45) is 0 Å². The van der Waals surface area contributed by atoms with E-state index >= 15 is 0 Å². The van der Waals surface area contributed by atoms with Gasteiger partial charge >= 0.3 is 0 Å². The summed E-state index contributed by atoms with van der Waals surface area (Å²) < 4.78 is 51.8. The SMILES string of the molecule is CC(C)S(=O)(=O)N1CCCN(S(=O)(=O)c2cnc[nH]2)CC1. The van der Waals surface area contributed by atoms with Crippen LogP contribution in [0.3, 0.4) is 0 Å². The monoisotopic (exact) mass is 336 g/mol. The molecule has 0 bridgehead atoms. The summed E-state index contributed by atoms with van der Waals surface area (Å²) in [7, 11) is -6.99. The van der Waals surface area contributed by atoms with Gasteiger partial charge < -0.3 is 4.98 Å². The normalized spacial score (nSPS) is 19.8. The van der Waals surface area contributed by atoms with Gasteiger partial charge in [-0.05, 0) is 20.3 Å². The van der Waals surface area contributed by atoms with E-state index < -0.39 is 25.3 Å². The third-order valence-corrected chi connectivity index (χ3v) is 7.56. The molecule has 1 saturated heterocycles. The summed E-state index contributed by atoms with van der Waals surface area (Å²) in [5.41, 5.74) is 0. The molecule has 0 amide bonds. The molecule has 1 fully saturated rings. The number of hydrogen-bond donors (Lipinski definition) is 1. The Kier molecular flexibility index (Phi) is 4.71. The van der Waals surface area contributed by atoms with Crippen LogP contribution >= 0.6 is 0 Å². The Morgan fingerprint density at radius 1 is 1.10 bits per heavy atom. The first-order chi connectivity index (χ1) is 9.76. The van der Waals surface area contributed by atoms with Crippen molar-refractivity contribution in [1.29, 1.82) is 0 Å². The van der Waals surface area contributed by atoms with Gasteiger partial charge in [0.2, 0.25) is 10.0 Å². The fraction of sp³-hybridized carbons (Fsp3) is 0.727. The van der Waals surface area contributed by atoms with Crippen LogP contribution in [0.2, 0.25) is 0 Å². The van der Waals surface area contributed by atoms with Crippen LogP contribution in [0.5, 0.6) is 0 Å². The quantitative estimate of drug-likeness (QED) is 0.823. The zero-order chi connectivity index (χ0) is 15.7. The third kappa shape index (κ3) is 3.28. The van der Waals surface area contributed by atoms with Crippen molar-refractivity contribution in [1.82, 2.24) is 18.6 Å². The van der Waals surface area contributed by atoms with Gasteiger partial charge in [0.05, 0.1) is 17.8 Å². The average molecular weight is 336 g/mol. The number of aromatic nitrogens is 2. The second-order valence-corrected chi connectivity index (χ2v) is 9.56. The molecule has 8 nitrogen and oxygen atoms in total. The zero-order valence-electron chi connectivity index (χ0n) is 12.1. The molecular weight excluding hydrogens is 316 g/mol. The summed E-state index contributed by atoms with van der Waals surface area (Å²) in [5, 5.41) is -0.476. The summed E-state index contributed by atoms with van der Waals surface area (Å²) in [6.07, 6.45) is 3.03. The van der Waals surface area contributed by atoms with E-state index in [1.807, 2.05) is 0 Å². The zero-order valence-corrected chi connectivity index (χ0v) is 13.7. The van der Waals surface area contributed by atoms with Crippen molar-refractivity contribution >= 4 is 20.0 Å². The lowest BCUT2D eigenvalue weighted by molar-refractivity contribution is 0.401. The Hall–Kier alpha value is -0.970. The molecule has 0 radical (unpaired) electrons. The number of nitrogens with one attached hydrogen (secondary N) is 1. The minimum absolute atomic E-state index is 0.0302. The molecule has 120 valence electrons. The van der Waals surface area contributed by atoms with Gasteiger partial charge in [-0.3, -0.25) is 0 Å². The lowest BCUT2D eigenvalue weighted by atomic mass is 10.4. The molecule has 0 spiro atoms. The highest BCUT2D eigenvalue weighted by molar-refractivity contribution is 7.89. The first kappa shape index (κ1) is 16.4. The maximum absolute atomic E-state index is 12.4. The Morgan fingerprint density at radius 2 is 1.71 bits per heavy atom. The van der Waals surface area contributed by atoms with Gasteiger partial charge in [-0.2, -0.15) is 4.31 Å². The maximum atomic E-state index is 12.4. The molecule has 1 N–H and O–H groups in total. The number of aromatic amines is 1. The van der Waals surface area contributed by atoms with Crippen molar-refractivity contribution in [3.63, 3.8) is 0 Å². The highest BCUT2D eigenvalue weighted by Gasteiger charge is 2.32. The molecule has 1 aliphatic rings. The molecule has 1 aliphatic heterocycles. The van der Waals surface area contributed by atoms with E-state index in [4.69, 9.17) is 0 Å². The Labute approximate surface area is 125 Å². The molecule has 0 unspecified atom stereocenters. The first-order valence-electron chi connectivity index (χ1n) is 6.74. The topological polar surface area (TPSA) is 103 Å². The predicted molar refractivity (Wildman–Crippen MR) is 77.6 cm³/mol.